The molecule has 11 heteroatoms. The number of esters is 1. The van der Waals surface area contributed by atoms with Crippen molar-refractivity contribution in [3.05, 3.63) is 89.8 Å². The number of carbonyl (C=O) groups excluding carboxylic acids is 1. The summed E-state index contributed by atoms with van der Waals surface area (Å²) in [6.07, 6.45) is 3.36. The summed E-state index contributed by atoms with van der Waals surface area (Å²) >= 11 is 0. The van der Waals surface area contributed by atoms with Crippen LogP contribution in [0.15, 0.2) is 78.1 Å². The Morgan fingerprint density at radius 1 is 1.13 bits per heavy atom. The normalized spacial score (nSPS) is 23.6. The first-order valence-electron chi connectivity index (χ1n) is 15.0. The molecule has 2 aromatic carbocycles. The molecule has 45 heavy (non-hydrogen) atoms. The van der Waals surface area contributed by atoms with Crippen LogP contribution in [-0.4, -0.2) is 76.0 Å². The highest BCUT2D eigenvalue weighted by molar-refractivity contribution is 5.85. The third kappa shape index (κ3) is 9.25. The van der Waals surface area contributed by atoms with Gasteiger partial charge in [0.1, 0.15) is 48.5 Å². The number of aryl methyl sites for hydroxylation is 1. The lowest BCUT2D eigenvalue weighted by atomic mass is 10.1. The van der Waals surface area contributed by atoms with E-state index in [0.717, 1.165) is 11.1 Å². The molecule has 3 aromatic rings. The summed E-state index contributed by atoms with van der Waals surface area (Å²) in [5.74, 6) is 6.55. The van der Waals surface area contributed by atoms with E-state index in [4.69, 9.17) is 23.8 Å². The number of hydrogen-bond acceptors (Lipinski definition) is 10. The molecule has 5 rings (SSSR count). The molecule has 11 nitrogen and oxygen atoms in total. The molecule has 2 aliphatic heterocycles. The minimum atomic E-state index is -0.627. The first-order valence-corrected chi connectivity index (χ1v) is 15.0. The maximum Gasteiger partial charge on any atom is 0.306 e. The van der Waals surface area contributed by atoms with Crippen molar-refractivity contribution in [2.45, 2.75) is 70.2 Å². The second kappa shape index (κ2) is 15.5. The Labute approximate surface area is 262 Å². The summed E-state index contributed by atoms with van der Waals surface area (Å²) in [7, 11) is 0. The monoisotopic (exact) mass is 614 g/mol. The predicted octanol–water partition coefficient (Wildman–Crippen LogP) is 4.12. The van der Waals surface area contributed by atoms with Gasteiger partial charge in [0.2, 0.25) is 0 Å². The van der Waals surface area contributed by atoms with Crippen molar-refractivity contribution in [1.82, 2.24) is 15.0 Å². The molecule has 2 aliphatic rings. The molecule has 1 N–H and O–H groups in total. The molecular weight excluding hydrogens is 576 g/mol. The van der Waals surface area contributed by atoms with E-state index < -0.39 is 36.5 Å². The fourth-order valence-electron chi connectivity index (χ4n) is 4.65. The standard InChI is InChI=1S/C34H38N4O7/c1-23-9-13-27(14-10-23)43-32-17-16-28(15-12-26-7-5-4-6-8-26)44-33(32)22-42-34(40)18-11-24(2)36-45-25(3)29-19-38(37-35-29)30-20-41-21-31(30)39/h4-10,13-14,16-17,19,25,28,30-33,39H,11,18,20-22H2,1-3H3/t25-,28-,30-,31+,32-,33-/m1/s1. The summed E-state index contributed by atoms with van der Waals surface area (Å²) < 4.78 is 24.9. The number of aliphatic hydroxyl groups is 1. The van der Waals surface area contributed by atoms with Crippen LogP contribution in [0.2, 0.25) is 0 Å². The van der Waals surface area contributed by atoms with Crippen LogP contribution in [0.1, 0.15) is 55.7 Å². The minimum absolute atomic E-state index is 0.00331. The van der Waals surface area contributed by atoms with Gasteiger partial charge in [-0.3, -0.25) is 4.79 Å². The zero-order valence-corrected chi connectivity index (χ0v) is 25.6. The molecule has 0 unspecified atom stereocenters. The minimum Gasteiger partial charge on any atom is -0.483 e. The van der Waals surface area contributed by atoms with Gasteiger partial charge in [0, 0.05) is 5.56 Å². The smallest absolute Gasteiger partial charge is 0.306 e. The van der Waals surface area contributed by atoms with E-state index in [-0.39, 0.29) is 25.7 Å². The van der Waals surface area contributed by atoms with Crippen molar-refractivity contribution < 1.29 is 33.7 Å². The molecule has 1 fully saturated rings. The van der Waals surface area contributed by atoms with Gasteiger partial charge in [0.05, 0.1) is 31.5 Å². The van der Waals surface area contributed by atoms with Crippen molar-refractivity contribution in [3.8, 4) is 17.6 Å². The van der Waals surface area contributed by atoms with Crippen LogP contribution in [0.5, 0.6) is 5.75 Å². The molecule has 1 saturated heterocycles. The molecule has 0 aliphatic carbocycles. The molecule has 0 radical (unpaired) electrons. The summed E-state index contributed by atoms with van der Waals surface area (Å²) in [6, 6.07) is 17.1. The van der Waals surface area contributed by atoms with Crippen LogP contribution in [-0.2, 0) is 23.8 Å². The van der Waals surface area contributed by atoms with Gasteiger partial charge in [-0.25, -0.2) is 4.68 Å². The maximum absolute atomic E-state index is 12.7. The second-order valence-electron chi connectivity index (χ2n) is 11.1. The number of hydrogen-bond donors (Lipinski definition) is 1. The number of rotatable bonds is 11. The van der Waals surface area contributed by atoms with Gasteiger partial charge in [0.25, 0.3) is 0 Å². The summed E-state index contributed by atoms with van der Waals surface area (Å²) in [4.78, 5) is 18.3. The number of oxime groups is 1. The lowest BCUT2D eigenvalue weighted by molar-refractivity contribution is -0.151. The van der Waals surface area contributed by atoms with Gasteiger partial charge in [-0.2, -0.15) is 0 Å². The molecular formula is C34H38N4O7. The fraction of sp³-hybridized carbons (Fsp3) is 0.412. The highest BCUT2D eigenvalue weighted by Gasteiger charge is 2.31. The van der Waals surface area contributed by atoms with Crippen LogP contribution >= 0.6 is 0 Å². The molecule has 0 saturated carbocycles. The Morgan fingerprint density at radius 2 is 1.93 bits per heavy atom. The average Bonchev–Trinajstić information content (AvgIpc) is 3.72. The van der Waals surface area contributed by atoms with Crippen molar-refractivity contribution in [2.24, 2.45) is 5.16 Å². The molecule has 0 amide bonds. The van der Waals surface area contributed by atoms with Crippen LogP contribution in [0.3, 0.4) is 0 Å². The number of benzene rings is 2. The van der Waals surface area contributed by atoms with E-state index in [2.05, 4.69) is 27.3 Å². The first kappa shape index (κ1) is 31.9. The topological polar surface area (TPSA) is 127 Å². The Balaban J connectivity index is 1.12. The quantitative estimate of drug-likeness (QED) is 0.112. The van der Waals surface area contributed by atoms with E-state index in [1.165, 1.54) is 0 Å². The number of nitrogens with zero attached hydrogens (tertiary/aromatic N) is 4. The Morgan fingerprint density at radius 3 is 2.69 bits per heavy atom. The maximum atomic E-state index is 12.7. The molecule has 1 aromatic heterocycles. The third-order valence-corrected chi connectivity index (χ3v) is 7.36. The van der Waals surface area contributed by atoms with Crippen LogP contribution in [0, 0.1) is 18.8 Å². The summed E-state index contributed by atoms with van der Waals surface area (Å²) in [5.41, 5.74) is 3.21. The number of aromatic nitrogens is 3. The second-order valence-corrected chi connectivity index (χ2v) is 11.1. The van der Waals surface area contributed by atoms with Crippen molar-refractivity contribution in [1.29, 1.82) is 0 Å². The van der Waals surface area contributed by atoms with Gasteiger partial charge in [-0.1, -0.05) is 58.1 Å². The summed E-state index contributed by atoms with van der Waals surface area (Å²) in [5, 5.41) is 22.4. The molecule has 6 atom stereocenters. The Kier molecular flexibility index (Phi) is 11.0. The lowest BCUT2D eigenvalue weighted by Crippen LogP contribution is -2.42. The SMILES string of the molecule is CC(CCC(=O)OC[C@H]1O[C@H](C#Cc2ccccc2)C=C[C@H]1Oc1ccc(C)cc1)=NO[C@H](C)c1cn([C@@H]2COC[C@@H]2O)nn1. The van der Waals surface area contributed by atoms with Gasteiger partial charge in [-0.15, -0.1) is 5.10 Å². The molecule has 236 valence electrons. The van der Waals surface area contributed by atoms with Crippen molar-refractivity contribution in [3.63, 3.8) is 0 Å². The van der Waals surface area contributed by atoms with Gasteiger partial charge in [-0.05, 0) is 63.6 Å². The summed E-state index contributed by atoms with van der Waals surface area (Å²) in [6.45, 7) is 6.24. The fourth-order valence-corrected chi connectivity index (χ4v) is 4.65. The number of aliphatic hydroxyl groups excluding tert-OH is 1. The Hall–Kier alpha value is -4.50. The number of ether oxygens (including phenoxy) is 4. The zero-order chi connectivity index (χ0) is 31.6. The van der Waals surface area contributed by atoms with Crippen molar-refractivity contribution in [2.75, 3.05) is 19.8 Å². The van der Waals surface area contributed by atoms with Gasteiger partial charge in [0.15, 0.2) is 6.10 Å². The average molecular weight is 615 g/mol. The van der Waals surface area contributed by atoms with Gasteiger partial charge < -0.3 is 28.9 Å². The zero-order valence-electron chi connectivity index (χ0n) is 25.6. The van der Waals surface area contributed by atoms with E-state index in [0.29, 0.717) is 30.2 Å². The largest absolute Gasteiger partial charge is 0.483 e. The molecule has 0 bridgehead atoms. The van der Waals surface area contributed by atoms with Crippen LogP contribution < -0.4 is 4.74 Å². The Bertz CT molecular complexity index is 1530. The van der Waals surface area contributed by atoms with Crippen LogP contribution in [0.4, 0.5) is 0 Å². The van der Waals surface area contributed by atoms with Gasteiger partial charge >= 0.3 is 5.97 Å². The molecule has 3 heterocycles. The highest BCUT2D eigenvalue weighted by atomic mass is 16.6. The van der Waals surface area contributed by atoms with Crippen molar-refractivity contribution >= 4 is 11.7 Å². The molecule has 0 spiro atoms. The van der Waals surface area contributed by atoms with E-state index in [1.807, 2.05) is 73.7 Å². The van der Waals surface area contributed by atoms with E-state index in [9.17, 15) is 9.90 Å². The lowest BCUT2D eigenvalue weighted by Gasteiger charge is -2.30. The number of carbonyl (C=O) groups is 1. The van der Waals surface area contributed by atoms with Crippen LogP contribution in [0.25, 0.3) is 0 Å². The first-order chi connectivity index (χ1) is 21.8. The van der Waals surface area contributed by atoms with E-state index >= 15 is 0 Å². The highest BCUT2D eigenvalue weighted by Crippen LogP contribution is 2.23. The third-order valence-electron chi connectivity index (χ3n) is 7.36. The van der Waals surface area contributed by atoms with E-state index in [1.54, 1.807) is 24.7 Å². The predicted molar refractivity (Wildman–Crippen MR) is 165 cm³/mol.